The number of hydrogen-bond donors (Lipinski definition) is 2. The van der Waals surface area contributed by atoms with Crippen molar-refractivity contribution in [3.05, 3.63) is 71.3 Å². The van der Waals surface area contributed by atoms with Crippen LogP contribution in [0.4, 0.5) is 5.69 Å². The third kappa shape index (κ3) is 4.59. The fourth-order valence-corrected chi connectivity index (χ4v) is 6.87. The molecule has 3 fully saturated rings. The maximum Gasteiger partial charge on any atom is 0.246 e. The minimum atomic E-state index is -1.21. The predicted octanol–water partition coefficient (Wildman–Crippen LogP) is 4.09. The highest BCUT2D eigenvalue weighted by molar-refractivity contribution is 6.30. The second-order valence-electron chi connectivity index (χ2n) is 10.9. The second-order valence-corrected chi connectivity index (χ2v) is 11.3. The summed E-state index contributed by atoms with van der Waals surface area (Å²) in [6, 6.07) is 13.5. The van der Waals surface area contributed by atoms with Gasteiger partial charge in [0.15, 0.2) is 0 Å². The summed E-state index contributed by atoms with van der Waals surface area (Å²) in [6.45, 7) is 0.217. The number of amides is 3. The second kappa shape index (κ2) is 10.3. The molecule has 6 rings (SSSR count). The number of rotatable bonds is 7. The van der Waals surface area contributed by atoms with Crippen molar-refractivity contribution in [3.63, 3.8) is 0 Å². The number of fused-ring (bicyclic) bond motifs is 1. The van der Waals surface area contributed by atoms with Gasteiger partial charge >= 0.3 is 0 Å². The zero-order valence-corrected chi connectivity index (χ0v) is 22.5. The Balaban J connectivity index is 1.32. The maximum absolute atomic E-state index is 14.1. The van der Waals surface area contributed by atoms with Crippen LogP contribution in [0.1, 0.15) is 37.7 Å². The number of likely N-dealkylation sites (tertiary alicyclic amines) is 1. The standard InChI is InChI=1S/C30H32ClN3O5/c1-38-22-12-10-18(11-13-22)17-34-26(28(36)32-20-7-3-2-4-8-20)30-15-14-23(39-30)24(25(30)29(34)37)27(35)33-21-9-5-6-19(31)16-21/h5-6,9-16,20,23-26H,2-4,7-8,17H2,1H3,(H,32,36)(H,33,35)/t23-,24-,25-,26-,30+/m1/s1. The first-order valence-electron chi connectivity index (χ1n) is 13.6. The molecule has 2 bridgehead atoms. The average Bonchev–Trinajstić information content (AvgIpc) is 3.57. The van der Waals surface area contributed by atoms with Crippen molar-refractivity contribution in [1.29, 1.82) is 0 Å². The number of anilines is 1. The van der Waals surface area contributed by atoms with Crippen LogP contribution in [0.3, 0.4) is 0 Å². The van der Waals surface area contributed by atoms with E-state index in [1.807, 2.05) is 36.4 Å². The summed E-state index contributed by atoms with van der Waals surface area (Å²) in [5.41, 5.74) is 0.193. The summed E-state index contributed by atoms with van der Waals surface area (Å²) in [4.78, 5) is 43.2. The molecular weight excluding hydrogens is 518 g/mol. The lowest BCUT2D eigenvalue weighted by Gasteiger charge is -2.34. The molecule has 2 aromatic carbocycles. The van der Waals surface area contributed by atoms with E-state index in [0.29, 0.717) is 16.5 Å². The van der Waals surface area contributed by atoms with Crippen molar-refractivity contribution in [2.75, 3.05) is 12.4 Å². The van der Waals surface area contributed by atoms with Crippen molar-refractivity contribution < 1.29 is 23.9 Å². The summed E-state index contributed by atoms with van der Waals surface area (Å²) >= 11 is 6.11. The van der Waals surface area contributed by atoms with E-state index in [-0.39, 0.29) is 30.3 Å². The molecule has 5 atom stereocenters. The summed E-state index contributed by atoms with van der Waals surface area (Å²) in [7, 11) is 1.60. The van der Waals surface area contributed by atoms with E-state index >= 15 is 0 Å². The molecule has 1 aliphatic carbocycles. The number of hydrogen-bond acceptors (Lipinski definition) is 5. The van der Waals surface area contributed by atoms with Crippen LogP contribution in [0.2, 0.25) is 5.02 Å². The average molecular weight is 550 g/mol. The van der Waals surface area contributed by atoms with Gasteiger partial charge in [0, 0.05) is 23.3 Å². The van der Waals surface area contributed by atoms with Gasteiger partial charge in [0.2, 0.25) is 17.7 Å². The van der Waals surface area contributed by atoms with Gasteiger partial charge in [-0.05, 0) is 48.7 Å². The highest BCUT2D eigenvalue weighted by atomic mass is 35.5. The van der Waals surface area contributed by atoms with Crippen LogP contribution in [0, 0.1) is 11.8 Å². The first-order chi connectivity index (χ1) is 18.9. The minimum Gasteiger partial charge on any atom is -0.497 e. The lowest BCUT2D eigenvalue weighted by Crippen LogP contribution is -2.56. The van der Waals surface area contributed by atoms with E-state index in [0.717, 1.165) is 31.2 Å². The number of ether oxygens (including phenoxy) is 2. The third-order valence-corrected chi connectivity index (χ3v) is 8.72. The smallest absolute Gasteiger partial charge is 0.246 e. The number of carbonyl (C=O) groups is 3. The number of methoxy groups -OCH3 is 1. The van der Waals surface area contributed by atoms with E-state index in [2.05, 4.69) is 10.6 Å². The van der Waals surface area contributed by atoms with Gasteiger partial charge in [0.1, 0.15) is 17.4 Å². The summed E-state index contributed by atoms with van der Waals surface area (Å²) in [6.07, 6.45) is 8.22. The third-order valence-electron chi connectivity index (χ3n) is 8.48. The van der Waals surface area contributed by atoms with Crippen molar-refractivity contribution in [1.82, 2.24) is 10.2 Å². The summed E-state index contributed by atoms with van der Waals surface area (Å²) in [5, 5.41) is 6.61. The van der Waals surface area contributed by atoms with Gasteiger partial charge in [-0.3, -0.25) is 14.4 Å². The van der Waals surface area contributed by atoms with Gasteiger partial charge < -0.3 is 25.0 Å². The van der Waals surface area contributed by atoms with Crippen molar-refractivity contribution >= 4 is 35.0 Å². The molecule has 1 spiro atoms. The Kier molecular flexibility index (Phi) is 6.85. The van der Waals surface area contributed by atoms with Crippen LogP contribution in [-0.2, 0) is 25.7 Å². The topological polar surface area (TPSA) is 97.0 Å². The fourth-order valence-electron chi connectivity index (χ4n) is 6.68. The Bertz CT molecular complexity index is 1310. The molecule has 3 heterocycles. The molecule has 1 saturated carbocycles. The molecule has 3 amide bonds. The Hall–Kier alpha value is -3.36. The maximum atomic E-state index is 14.1. The number of nitrogens with zero attached hydrogens (tertiary/aromatic N) is 1. The van der Waals surface area contributed by atoms with E-state index in [9.17, 15) is 14.4 Å². The van der Waals surface area contributed by atoms with Crippen LogP contribution >= 0.6 is 11.6 Å². The molecule has 0 radical (unpaired) electrons. The zero-order valence-electron chi connectivity index (χ0n) is 21.8. The van der Waals surface area contributed by atoms with Gasteiger partial charge in [-0.15, -0.1) is 0 Å². The van der Waals surface area contributed by atoms with Gasteiger partial charge in [0.25, 0.3) is 0 Å². The first kappa shape index (κ1) is 25.9. The largest absolute Gasteiger partial charge is 0.497 e. The van der Waals surface area contributed by atoms with Crippen molar-refractivity contribution in [3.8, 4) is 5.75 Å². The molecule has 2 N–H and O–H groups in total. The minimum absolute atomic E-state index is 0.0733. The number of benzene rings is 2. The van der Waals surface area contributed by atoms with Crippen LogP contribution in [-0.4, -0.2) is 53.5 Å². The summed E-state index contributed by atoms with van der Waals surface area (Å²) < 4.78 is 11.7. The molecule has 0 aromatic heterocycles. The Morgan fingerprint density at radius 3 is 2.59 bits per heavy atom. The van der Waals surface area contributed by atoms with E-state index in [4.69, 9.17) is 21.1 Å². The van der Waals surface area contributed by atoms with Crippen LogP contribution in [0.15, 0.2) is 60.7 Å². The molecule has 2 aromatic rings. The van der Waals surface area contributed by atoms with E-state index in [1.54, 1.807) is 36.3 Å². The molecule has 8 nitrogen and oxygen atoms in total. The zero-order chi connectivity index (χ0) is 27.1. The molecule has 9 heteroatoms. The molecule has 3 aliphatic heterocycles. The van der Waals surface area contributed by atoms with Gasteiger partial charge in [-0.25, -0.2) is 0 Å². The molecule has 39 heavy (non-hydrogen) atoms. The van der Waals surface area contributed by atoms with Gasteiger partial charge in [-0.2, -0.15) is 0 Å². The van der Waals surface area contributed by atoms with E-state index in [1.165, 1.54) is 6.42 Å². The normalized spacial score (nSPS) is 29.4. The van der Waals surface area contributed by atoms with Crippen LogP contribution < -0.4 is 15.4 Å². The number of nitrogens with one attached hydrogen (secondary N) is 2. The Morgan fingerprint density at radius 1 is 1.10 bits per heavy atom. The number of halogens is 1. The Morgan fingerprint density at radius 2 is 1.87 bits per heavy atom. The summed E-state index contributed by atoms with van der Waals surface area (Å²) in [5.74, 6) is -1.69. The number of carbonyl (C=O) groups excluding carboxylic acids is 3. The first-order valence-corrected chi connectivity index (χ1v) is 13.9. The van der Waals surface area contributed by atoms with Gasteiger partial charge in [0.05, 0.1) is 25.0 Å². The van der Waals surface area contributed by atoms with Crippen molar-refractivity contribution in [2.24, 2.45) is 11.8 Å². The van der Waals surface area contributed by atoms with Crippen LogP contribution in [0.25, 0.3) is 0 Å². The molecule has 2 saturated heterocycles. The monoisotopic (exact) mass is 549 g/mol. The quantitative estimate of drug-likeness (QED) is 0.507. The van der Waals surface area contributed by atoms with Crippen molar-refractivity contribution in [2.45, 2.75) is 62.4 Å². The lowest BCUT2D eigenvalue weighted by atomic mass is 9.74. The highest BCUT2D eigenvalue weighted by Gasteiger charge is 2.72. The highest BCUT2D eigenvalue weighted by Crippen LogP contribution is 2.55. The molecule has 4 aliphatic rings. The van der Waals surface area contributed by atoms with Crippen LogP contribution in [0.5, 0.6) is 5.75 Å². The fraction of sp³-hybridized carbons (Fsp3) is 0.433. The SMILES string of the molecule is COc1ccc(CN2C(=O)[C@H]3[C@H](C(=O)Nc4cccc(Cl)c4)[C@H]4C=C[C@@]3(O4)[C@H]2C(=O)NC2CCCCC2)cc1. The molecule has 0 unspecified atom stereocenters. The predicted molar refractivity (Wildman–Crippen MR) is 146 cm³/mol. The Labute approximate surface area is 232 Å². The van der Waals surface area contributed by atoms with E-state index < -0.39 is 29.6 Å². The lowest BCUT2D eigenvalue weighted by molar-refractivity contribution is -0.142. The van der Waals surface area contributed by atoms with Gasteiger partial charge in [-0.1, -0.05) is 61.2 Å². The molecule has 204 valence electrons. The molecular formula is C30H32ClN3O5.